The molecule has 0 spiro atoms. The van der Waals surface area contributed by atoms with Gasteiger partial charge < -0.3 is 14.6 Å². The molecule has 0 atom stereocenters. The zero-order valence-corrected chi connectivity index (χ0v) is 18.4. The van der Waals surface area contributed by atoms with Gasteiger partial charge in [0.15, 0.2) is 0 Å². The molecule has 1 aliphatic rings. The van der Waals surface area contributed by atoms with Crippen LogP contribution < -0.4 is 10.9 Å². The zero-order chi connectivity index (χ0) is 23.0. The van der Waals surface area contributed by atoms with E-state index >= 15 is 0 Å². The van der Waals surface area contributed by atoms with Gasteiger partial charge in [-0.05, 0) is 47.2 Å². The Kier molecular flexibility index (Phi) is 5.35. The van der Waals surface area contributed by atoms with E-state index in [1.165, 1.54) is 10.4 Å². The number of piperazine rings is 1. The van der Waals surface area contributed by atoms with Gasteiger partial charge >= 0.3 is 11.7 Å². The highest BCUT2D eigenvalue weighted by molar-refractivity contribution is 7.89. The van der Waals surface area contributed by atoms with Crippen molar-refractivity contribution in [3.63, 3.8) is 0 Å². The third kappa shape index (κ3) is 4.20. The molecule has 3 aromatic carbocycles. The first kappa shape index (κ1) is 21.2. The molecule has 0 bridgehead atoms. The Morgan fingerprint density at radius 1 is 0.818 bits per heavy atom. The Hall–Kier alpha value is -3.69. The molecular formula is C24H21N3O5S. The summed E-state index contributed by atoms with van der Waals surface area (Å²) in [4.78, 5) is 25.8. The second-order valence-corrected chi connectivity index (χ2v) is 9.78. The van der Waals surface area contributed by atoms with E-state index in [1.807, 2.05) is 24.3 Å². The van der Waals surface area contributed by atoms with E-state index in [1.54, 1.807) is 47.4 Å². The van der Waals surface area contributed by atoms with Gasteiger partial charge in [-0.15, -0.1) is 0 Å². The van der Waals surface area contributed by atoms with Crippen LogP contribution in [0.5, 0.6) is 0 Å². The Bertz CT molecular complexity index is 1520. The molecule has 0 aliphatic carbocycles. The summed E-state index contributed by atoms with van der Waals surface area (Å²) in [5, 5.41) is 5.36. The van der Waals surface area contributed by atoms with Crippen molar-refractivity contribution in [2.24, 2.45) is 0 Å². The largest absolute Gasteiger partial charge is 0.423 e. The summed E-state index contributed by atoms with van der Waals surface area (Å²) in [6, 6.07) is 20.4. The molecule has 2 amide bonds. The highest BCUT2D eigenvalue weighted by Crippen LogP contribution is 2.23. The summed E-state index contributed by atoms with van der Waals surface area (Å²) >= 11 is 0. The van der Waals surface area contributed by atoms with Crippen molar-refractivity contribution in [3.8, 4) is 0 Å². The predicted octanol–water partition coefficient (Wildman–Crippen LogP) is 3.48. The maximum Gasteiger partial charge on any atom is 0.336 e. The smallest absolute Gasteiger partial charge is 0.336 e. The van der Waals surface area contributed by atoms with Crippen LogP contribution in [0.2, 0.25) is 0 Å². The number of amides is 2. The van der Waals surface area contributed by atoms with Crippen molar-refractivity contribution >= 4 is 43.5 Å². The van der Waals surface area contributed by atoms with Gasteiger partial charge in [-0.25, -0.2) is 18.0 Å². The summed E-state index contributed by atoms with van der Waals surface area (Å²) < 4.78 is 32.8. The van der Waals surface area contributed by atoms with Crippen LogP contribution in [0.3, 0.4) is 0 Å². The molecule has 9 heteroatoms. The van der Waals surface area contributed by atoms with E-state index in [0.717, 1.165) is 10.8 Å². The van der Waals surface area contributed by atoms with E-state index < -0.39 is 15.6 Å². The lowest BCUT2D eigenvalue weighted by molar-refractivity contribution is 0.184. The standard InChI is InChI=1S/C24H21N3O5S/c28-23-10-6-19-15-20(7-9-22(19)32-23)25-24(29)26-11-13-27(14-12-26)33(30,31)21-8-5-17-3-1-2-4-18(17)16-21/h1-10,15-16H,11-14H2,(H,25,29). The van der Waals surface area contributed by atoms with Gasteiger partial charge in [0.25, 0.3) is 0 Å². The van der Waals surface area contributed by atoms with Gasteiger partial charge in [0, 0.05) is 43.3 Å². The molecule has 1 aliphatic heterocycles. The van der Waals surface area contributed by atoms with E-state index in [0.29, 0.717) is 16.7 Å². The number of anilines is 1. The number of hydrogen-bond donors (Lipinski definition) is 1. The van der Waals surface area contributed by atoms with Crippen molar-refractivity contribution in [1.82, 2.24) is 9.21 Å². The molecule has 8 nitrogen and oxygen atoms in total. The predicted molar refractivity (Wildman–Crippen MR) is 126 cm³/mol. The molecule has 4 aromatic rings. The quantitative estimate of drug-likeness (QED) is 0.469. The summed E-state index contributed by atoms with van der Waals surface area (Å²) in [5.41, 5.74) is 0.566. The molecule has 5 rings (SSSR count). The van der Waals surface area contributed by atoms with Crippen molar-refractivity contribution in [3.05, 3.63) is 83.2 Å². The normalized spacial score (nSPS) is 15.1. The molecule has 1 N–H and O–H groups in total. The van der Waals surface area contributed by atoms with E-state index in [2.05, 4.69) is 5.32 Å². The Balaban J connectivity index is 1.25. The molecule has 0 radical (unpaired) electrons. The Morgan fingerprint density at radius 2 is 1.55 bits per heavy atom. The van der Waals surface area contributed by atoms with Gasteiger partial charge in [-0.3, -0.25) is 0 Å². The van der Waals surface area contributed by atoms with Gasteiger partial charge in [0.1, 0.15) is 5.58 Å². The summed E-state index contributed by atoms with van der Waals surface area (Å²) in [6.07, 6.45) is 0. The Morgan fingerprint density at radius 3 is 2.33 bits per heavy atom. The number of rotatable bonds is 3. The van der Waals surface area contributed by atoms with Gasteiger partial charge in [-0.2, -0.15) is 4.31 Å². The lowest BCUT2D eigenvalue weighted by Gasteiger charge is -2.34. The van der Waals surface area contributed by atoms with Crippen LogP contribution >= 0.6 is 0 Å². The van der Waals surface area contributed by atoms with E-state index in [9.17, 15) is 18.0 Å². The number of carbonyl (C=O) groups is 1. The summed E-state index contributed by atoms with van der Waals surface area (Å²) in [7, 11) is -3.65. The number of carbonyl (C=O) groups excluding carboxylic acids is 1. The third-order valence-corrected chi connectivity index (χ3v) is 7.65. The summed E-state index contributed by atoms with van der Waals surface area (Å²) in [5.74, 6) is 0. The fourth-order valence-electron chi connectivity index (χ4n) is 3.96. The lowest BCUT2D eigenvalue weighted by Crippen LogP contribution is -2.51. The molecule has 1 fully saturated rings. The van der Waals surface area contributed by atoms with Gasteiger partial charge in [0.2, 0.25) is 10.0 Å². The highest BCUT2D eigenvalue weighted by Gasteiger charge is 2.30. The number of urea groups is 1. The molecule has 1 aromatic heterocycles. The van der Waals surface area contributed by atoms with E-state index in [4.69, 9.17) is 4.42 Å². The van der Waals surface area contributed by atoms with Crippen molar-refractivity contribution in [2.75, 3.05) is 31.5 Å². The summed E-state index contributed by atoms with van der Waals surface area (Å²) in [6.45, 7) is 0.985. The molecule has 1 saturated heterocycles. The molecule has 33 heavy (non-hydrogen) atoms. The van der Waals surface area contributed by atoms with Crippen LogP contribution in [0.25, 0.3) is 21.7 Å². The Labute approximate surface area is 190 Å². The third-order valence-electron chi connectivity index (χ3n) is 5.76. The first-order valence-corrected chi connectivity index (χ1v) is 11.9. The van der Waals surface area contributed by atoms with Crippen LogP contribution in [-0.4, -0.2) is 49.8 Å². The first-order valence-electron chi connectivity index (χ1n) is 10.5. The number of nitrogens with one attached hydrogen (secondary N) is 1. The van der Waals surface area contributed by atoms with E-state index in [-0.39, 0.29) is 37.1 Å². The number of hydrogen-bond acceptors (Lipinski definition) is 5. The van der Waals surface area contributed by atoms with Gasteiger partial charge in [-0.1, -0.05) is 30.3 Å². The fraction of sp³-hybridized carbons (Fsp3) is 0.167. The second-order valence-electron chi connectivity index (χ2n) is 7.84. The SMILES string of the molecule is O=C(Nc1ccc2oc(=O)ccc2c1)N1CCN(S(=O)(=O)c2ccc3ccccc3c2)CC1. The average Bonchev–Trinajstić information content (AvgIpc) is 2.84. The average molecular weight is 464 g/mol. The van der Waals surface area contributed by atoms with Crippen LogP contribution in [-0.2, 0) is 10.0 Å². The van der Waals surface area contributed by atoms with Gasteiger partial charge in [0.05, 0.1) is 4.90 Å². The number of nitrogens with zero attached hydrogens (tertiary/aromatic N) is 2. The zero-order valence-electron chi connectivity index (χ0n) is 17.6. The minimum absolute atomic E-state index is 0.214. The van der Waals surface area contributed by atoms with Crippen molar-refractivity contribution in [2.45, 2.75) is 4.90 Å². The number of sulfonamides is 1. The van der Waals surface area contributed by atoms with Crippen LogP contribution in [0.15, 0.2) is 86.9 Å². The van der Waals surface area contributed by atoms with Crippen molar-refractivity contribution < 1.29 is 17.6 Å². The topological polar surface area (TPSA) is 99.9 Å². The van der Waals surface area contributed by atoms with Crippen LogP contribution in [0.4, 0.5) is 10.5 Å². The molecule has 0 unspecified atom stereocenters. The molecule has 168 valence electrons. The van der Waals surface area contributed by atoms with Crippen molar-refractivity contribution in [1.29, 1.82) is 0 Å². The maximum atomic E-state index is 13.1. The minimum atomic E-state index is -3.65. The molecular weight excluding hydrogens is 442 g/mol. The minimum Gasteiger partial charge on any atom is -0.423 e. The lowest BCUT2D eigenvalue weighted by atomic mass is 10.1. The number of benzene rings is 3. The maximum absolute atomic E-state index is 13.1. The fourth-order valence-corrected chi connectivity index (χ4v) is 5.42. The molecule has 2 heterocycles. The van der Waals surface area contributed by atoms with Crippen LogP contribution in [0.1, 0.15) is 0 Å². The first-order chi connectivity index (χ1) is 15.9. The highest BCUT2D eigenvalue weighted by atomic mass is 32.2. The van der Waals surface area contributed by atoms with Crippen LogP contribution in [0, 0.1) is 0 Å². The second kappa shape index (κ2) is 8.34. The molecule has 0 saturated carbocycles. The monoisotopic (exact) mass is 463 g/mol. The number of fused-ring (bicyclic) bond motifs is 2.